The van der Waals surface area contributed by atoms with Crippen molar-refractivity contribution >= 4 is 22.5 Å². The quantitative estimate of drug-likeness (QED) is 0.780. The van der Waals surface area contributed by atoms with Gasteiger partial charge in [-0.2, -0.15) is 0 Å². The van der Waals surface area contributed by atoms with Crippen LogP contribution in [0.5, 0.6) is 5.75 Å². The number of hydrogen-bond acceptors (Lipinski definition) is 4. The predicted octanol–water partition coefficient (Wildman–Crippen LogP) is 2.72. The monoisotopic (exact) mass is 254 g/mol. The molecule has 5 heteroatoms. The maximum absolute atomic E-state index is 5.21. The molecule has 3 aromatic rings. The third kappa shape index (κ3) is 2.10. The van der Waals surface area contributed by atoms with Crippen LogP contribution in [0.4, 0.5) is 11.5 Å². The number of methoxy groups -OCH3 is 1. The molecule has 0 aliphatic rings. The molecule has 0 bridgehead atoms. The van der Waals surface area contributed by atoms with Crippen molar-refractivity contribution in [3.8, 4) is 5.75 Å². The first-order valence-electron chi connectivity index (χ1n) is 5.95. The molecule has 1 N–H and O–H groups in total. The van der Waals surface area contributed by atoms with E-state index in [-0.39, 0.29) is 0 Å². The number of aromatic nitrogens is 3. The zero-order valence-corrected chi connectivity index (χ0v) is 10.8. The van der Waals surface area contributed by atoms with Gasteiger partial charge in [-0.05, 0) is 18.2 Å². The molecule has 0 aliphatic carbocycles. The number of anilines is 2. The van der Waals surface area contributed by atoms with Crippen molar-refractivity contribution < 1.29 is 4.74 Å². The van der Waals surface area contributed by atoms with Crippen LogP contribution in [-0.4, -0.2) is 21.6 Å². The first-order valence-corrected chi connectivity index (χ1v) is 5.95. The summed E-state index contributed by atoms with van der Waals surface area (Å²) >= 11 is 0. The third-order valence-electron chi connectivity index (χ3n) is 2.99. The highest BCUT2D eigenvalue weighted by molar-refractivity contribution is 5.89. The second kappa shape index (κ2) is 4.61. The van der Waals surface area contributed by atoms with Crippen molar-refractivity contribution in [3.05, 3.63) is 42.9 Å². The maximum atomic E-state index is 5.21. The van der Waals surface area contributed by atoms with E-state index in [4.69, 9.17) is 4.74 Å². The molecule has 3 rings (SSSR count). The van der Waals surface area contributed by atoms with Gasteiger partial charge < -0.3 is 14.6 Å². The van der Waals surface area contributed by atoms with E-state index in [1.165, 1.54) is 0 Å². The van der Waals surface area contributed by atoms with Crippen molar-refractivity contribution in [1.82, 2.24) is 14.5 Å². The Kier molecular flexibility index (Phi) is 2.79. The Bertz CT molecular complexity index is 720. The molecule has 0 saturated carbocycles. The fourth-order valence-electron chi connectivity index (χ4n) is 2.01. The minimum Gasteiger partial charge on any atom is -0.497 e. The van der Waals surface area contributed by atoms with Crippen LogP contribution in [0, 0.1) is 0 Å². The molecule has 0 fully saturated rings. The van der Waals surface area contributed by atoms with Crippen molar-refractivity contribution in [3.63, 3.8) is 0 Å². The molecule has 19 heavy (non-hydrogen) atoms. The van der Waals surface area contributed by atoms with E-state index in [2.05, 4.69) is 15.3 Å². The first kappa shape index (κ1) is 11.5. The van der Waals surface area contributed by atoms with Crippen LogP contribution in [0.3, 0.4) is 0 Å². The molecule has 0 amide bonds. The van der Waals surface area contributed by atoms with E-state index < -0.39 is 0 Å². The fourth-order valence-corrected chi connectivity index (χ4v) is 2.01. The van der Waals surface area contributed by atoms with E-state index >= 15 is 0 Å². The molecule has 96 valence electrons. The van der Waals surface area contributed by atoms with Crippen LogP contribution in [-0.2, 0) is 7.05 Å². The van der Waals surface area contributed by atoms with Crippen LogP contribution in [0.15, 0.2) is 42.9 Å². The molecule has 0 spiro atoms. The summed E-state index contributed by atoms with van der Waals surface area (Å²) in [4.78, 5) is 8.56. The zero-order valence-electron chi connectivity index (χ0n) is 10.8. The average Bonchev–Trinajstić information content (AvgIpc) is 2.82. The maximum Gasteiger partial charge on any atom is 0.145 e. The molecule has 0 atom stereocenters. The summed E-state index contributed by atoms with van der Waals surface area (Å²) in [6, 6.07) is 9.74. The van der Waals surface area contributed by atoms with E-state index in [0.717, 1.165) is 28.3 Å². The highest BCUT2D eigenvalue weighted by Crippen LogP contribution is 2.25. The standard InChI is InChI=1S/C14H14N4O/c1-18-7-6-12-13(15-9-16-14(12)18)17-10-4-3-5-11(8-10)19-2/h3-9H,1-2H3,(H,15,16,17). The Morgan fingerprint density at radius 3 is 2.95 bits per heavy atom. The van der Waals surface area contributed by atoms with E-state index in [0.29, 0.717) is 0 Å². The summed E-state index contributed by atoms with van der Waals surface area (Å²) in [5, 5.41) is 4.28. The second-order valence-electron chi connectivity index (χ2n) is 4.24. The Hall–Kier alpha value is -2.56. The van der Waals surface area contributed by atoms with Crippen molar-refractivity contribution in [2.45, 2.75) is 0 Å². The van der Waals surface area contributed by atoms with Gasteiger partial charge in [0.1, 0.15) is 23.5 Å². The Morgan fingerprint density at radius 1 is 1.21 bits per heavy atom. The lowest BCUT2D eigenvalue weighted by molar-refractivity contribution is 0.415. The molecule has 2 aromatic heterocycles. The topological polar surface area (TPSA) is 52.0 Å². The molecule has 0 saturated heterocycles. The number of hydrogen-bond donors (Lipinski definition) is 1. The number of rotatable bonds is 3. The molecule has 5 nitrogen and oxygen atoms in total. The van der Waals surface area contributed by atoms with Crippen LogP contribution in [0.2, 0.25) is 0 Å². The summed E-state index contributed by atoms with van der Waals surface area (Å²) in [6.07, 6.45) is 3.53. The smallest absolute Gasteiger partial charge is 0.145 e. The van der Waals surface area contributed by atoms with Gasteiger partial charge >= 0.3 is 0 Å². The van der Waals surface area contributed by atoms with Crippen LogP contribution >= 0.6 is 0 Å². The molecule has 0 radical (unpaired) electrons. The van der Waals surface area contributed by atoms with Gasteiger partial charge in [0.25, 0.3) is 0 Å². The van der Waals surface area contributed by atoms with Crippen LogP contribution in [0.1, 0.15) is 0 Å². The number of fused-ring (bicyclic) bond motifs is 1. The summed E-state index contributed by atoms with van der Waals surface area (Å²) < 4.78 is 7.17. The molecule has 2 heterocycles. The van der Waals surface area contributed by atoms with Crippen molar-refractivity contribution in [2.24, 2.45) is 7.05 Å². The number of nitrogens with one attached hydrogen (secondary N) is 1. The molecular weight excluding hydrogens is 240 g/mol. The Balaban J connectivity index is 2.00. The van der Waals surface area contributed by atoms with Crippen molar-refractivity contribution in [1.29, 1.82) is 0 Å². The number of ether oxygens (including phenoxy) is 1. The SMILES string of the molecule is COc1cccc(Nc2ncnc3c2ccn3C)c1. The highest BCUT2D eigenvalue weighted by atomic mass is 16.5. The molecule has 0 aliphatic heterocycles. The molecule has 1 aromatic carbocycles. The Labute approximate surface area is 110 Å². The Morgan fingerprint density at radius 2 is 2.11 bits per heavy atom. The van der Waals surface area contributed by atoms with Gasteiger partial charge in [-0.3, -0.25) is 0 Å². The lowest BCUT2D eigenvalue weighted by Gasteiger charge is -2.08. The van der Waals surface area contributed by atoms with E-state index in [9.17, 15) is 0 Å². The highest BCUT2D eigenvalue weighted by Gasteiger charge is 2.06. The van der Waals surface area contributed by atoms with Gasteiger partial charge in [-0.25, -0.2) is 9.97 Å². The number of benzene rings is 1. The minimum atomic E-state index is 0.791. The van der Waals surface area contributed by atoms with Gasteiger partial charge in [0.2, 0.25) is 0 Å². The summed E-state index contributed by atoms with van der Waals surface area (Å²) in [5.74, 6) is 1.60. The second-order valence-corrected chi connectivity index (χ2v) is 4.24. The summed E-state index contributed by atoms with van der Waals surface area (Å²) in [7, 11) is 3.61. The van der Waals surface area contributed by atoms with Gasteiger partial charge in [-0.1, -0.05) is 6.07 Å². The minimum absolute atomic E-state index is 0.791. The summed E-state index contributed by atoms with van der Waals surface area (Å²) in [5.41, 5.74) is 1.84. The van der Waals surface area contributed by atoms with E-state index in [1.54, 1.807) is 13.4 Å². The normalized spacial score (nSPS) is 10.6. The lowest BCUT2D eigenvalue weighted by Crippen LogP contribution is -1.96. The molecular formula is C14H14N4O. The summed E-state index contributed by atoms with van der Waals surface area (Å²) in [6.45, 7) is 0. The average molecular weight is 254 g/mol. The predicted molar refractivity (Wildman–Crippen MR) is 74.8 cm³/mol. The fraction of sp³-hybridized carbons (Fsp3) is 0.143. The largest absolute Gasteiger partial charge is 0.497 e. The lowest BCUT2D eigenvalue weighted by atomic mass is 10.3. The van der Waals surface area contributed by atoms with Gasteiger partial charge in [0.15, 0.2) is 0 Å². The zero-order chi connectivity index (χ0) is 13.2. The van der Waals surface area contributed by atoms with Crippen LogP contribution < -0.4 is 10.1 Å². The van der Waals surface area contributed by atoms with Crippen LogP contribution in [0.25, 0.3) is 11.0 Å². The first-order chi connectivity index (χ1) is 9.28. The number of nitrogens with zero attached hydrogens (tertiary/aromatic N) is 3. The van der Waals surface area contributed by atoms with Gasteiger partial charge in [-0.15, -0.1) is 0 Å². The molecule has 0 unspecified atom stereocenters. The van der Waals surface area contributed by atoms with Gasteiger partial charge in [0, 0.05) is 25.0 Å². The number of aryl methyl sites for hydroxylation is 1. The van der Waals surface area contributed by atoms with E-state index in [1.807, 2.05) is 48.1 Å². The third-order valence-corrected chi connectivity index (χ3v) is 2.99. The van der Waals surface area contributed by atoms with Crippen molar-refractivity contribution in [2.75, 3.05) is 12.4 Å². The van der Waals surface area contributed by atoms with Gasteiger partial charge in [0.05, 0.1) is 12.5 Å².